The van der Waals surface area contributed by atoms with Gasteiger partial charge in [-0.05, 0) is 25.0 Å². The first-order valence-electron chi connectivity index (χ1n) is 6.42. The SMILES string of the molecule is COc1cccc(N)c1C(=O)N1CCCC(OC)C1. The lowest BCUT2D eigenvalue weighted by Crippen LogP contribution is -2.43. The summed E-state index contributed by atoms with van der Waals surface area (Å²) in [5.74, 6) is 0.432. The normalized spacial score (nSPS) is 19.3. The van der Waals surface area contributed by atoms with E-state index in [1.54, 1.807) is 37.3 Å². The van der Waals surface area contributed by atoms with Crippen LogP contribution in [0.3, 0.4) is 0 Å². The first-order valence-corrected chi connectivity index (χ1v) is 6.42. The van der Waals surface area contributed by atoms with Gasteiger partial charge in [-0.15, -0.1) is 0 Å². The number of nitrogen functional groups attached to an aromatic ring is 1. The maximum absolute atomic E-state index is 12.6. The molecule has 5 heteroatoms. The molecule has 0 radical (unpaired) electrons. The largest absolute Gasteiger partial charge is 0.496 e. The lowest BCUT2D eigenvalue weighted by atomic mass is 10.1. The Morgan fingerprint density at radius 1 is 1.42 bits per heavy atom. The number of anilines is 1. The molecule has 0 bridgehead atoms. The number of carbonyl (C=O) groups is 1. The lowest BCUT2D eigenvalue weighted by Gasteiger charge is -2.32. The van der Waals surface area contributed by atoms with E-state index in [0.717, 1.165) is 19.4 Å². The highest BCUT2D eigenvalue weighted by Gasteiger charge is 2.27. The molecule has 1 aliphatic rings. The number of nitrogens with two attached hydrogens (primary N) is 1. The fraction of sp³-hybridized carbons (Fsp3) is 0.500. The van der Waals surface area contributed by atoms with Gasteiger partial charge in [0.05, 0.1) is 13.2 Å². The molecule has 104 valence electrons. The zero-order valence-corrected chi connectivity index (χ0v) is 11.4. The molecular weight excluding hydrogens is 244 g/mol. The third kappa shape index (κ3) is 2.81. The molecule has 2 rings (SSSR count). The van der Waals surface area contributed by atoms with E-state index in [2.05, 4.69) is 0 Å². The fourth-order valence-corrected chi connectivity index (χ4v) is 2.42. The molecule has 19 heavy (non-hydrogen) atoms. The number of likely N-dealkylation sites (tertiary alicyclic amines) is 1. The van der Waals surface area contributed by atoms with Crippen molar-refractivity contribution >= 4 is 11.6 Å². The van der Waals surface area contributed by atoms with Gasteiger partial charge < -0.3 is 20.1 Å². The summed E-state index contributed by atoms with van der Waals surface area (Å²) in [7, 11) is 3.22. The summed E-state index contributed by atoms with van der Waals surface area (Å²) in [4.78, 5) is 14.4. The van der Waals surface area contributed by atoms with Crippen LogP contribution in [-0.4, -0.2) is 44.2 Å². The Morgan fingerprint density at radius 2 is 2.21 bits per heavy atom. The first-order chi connectivity index (χ1) is 9.17. The Kier molecular flexibility index (Phi) is 4.27. The zero-order chi connectivity index (χ0) is 13.8. The van der Waals surface area contributed by atoms with E-state index in [0.29, 0.717) is 23.5 Å². The van der Waals surface area contributed by atoms with Crippen molar-refractivity contribution in [1.82, 2.24) is 4.90 Å². The van der Waals surface area contributed by atoms with Gasteiger partial charge in [-0.3, -0.25) is 4.79 Å². The van der Waals surface area contributed by atoms with Crippen molar-refractivity contribution in [2.75, 3.05) is 33.0 Å². The first kappa shape index (κ1) is 13.7. The van der Waals surface area contributed by atoms with Crippen LogP contribution in [-0.2, 0) is 4.74 Å². The van der Waals surface area contributed by atoms with Crippen LogP contribution in [0.15, 0.2) is 18.2 Å². The number of methoxy groups -OCH3 is 2. The second kappa shape index (κ2) is 5.93. The van der Waals surface area contributed by atoms with Crippen molar-refractivity contribution in [2.24, 2.45) is 0 Å². The Labute approximate surface area is 113 Å². The summed E-state index contributed by atoms with van der Waals surface area (Å²) in [6.07, 6.45) is 2.04. The van der Waals surface area contributed by atoms with E-state index >= 15 is 0 Å². The minimum absolute atomic E-state index is 0.0864. The summed E-state index contributed by atoms with van der Waals surface area (Å²) < 4.78 is 10.6. The van der Waals surface area contributed by atoms with Gasteiger partial charge in [0.15, 0.2) is 0 Å². The Morgan fingerprint density at radius 3 is 2.89 bits per heavy atom. The molecule has 0 aliphatic carbocycles. The summed E-state index contributed by atoms with van der Waals surface area (Å²) >= 11 is 0. The van der Waals surface area contributed by atoms with E-state index in [1.165, 1.54) is 0 Å². The van der Waals surface area contributed by atoms with E-state index in [1.807, 2.05) is 0 Å². The van der Waals surface area contributed by atoms with Crippen LogP contribution in [0.25, 0.3) is 0 Å². The van der Waals surface area contributed by atoms with Crippen molar-refractivity contribution in [3.8, 4) is 5.75 Å². The van der Waals surface area contributed by atoms with Crippen LogP contribution in [0.1, 0.15) is 23.2 Å². The highest BCUT2D eigenvalue weighted by Crippen LogP contribution is 2.27. The number of amides is 1. The lowest BCUT2D eigenvalue weighted by molar-refractivity contribution is 0.0268. The van der Waals surface area contributed by atoms with Crippen LogP contribution >= 0.6 is 0 Å². The van der Waals surface area contributed by atoms with E-state index < -0.39 is 0 Å². The van der Waals surface area contributed by atoms with E-state index in [-0.39, 0.29) is 12.0 Å². The number of hydrogen-bond donors (Lipinski definition) is 1. The van der Waals surface area contributed by atoms with Crippen molar-refractivity contribution < 1.29 is 14.3 Å². The van der Waals surface area contributed by atoms with Gasteiger partial charge in [0.2, 0.25) is 0 Å². The summed E-state index contributed by atoms with van der Waals surface area (Å²) in [5.41, 5.74) is 6.81. The van der Waals surface area contributed by atoms with Gasteiger partial charge in [0.25, 0.3) is 5.91 Å². The topological polar surface area (TPSA) is 64.8 Å². The fourth-order valence-electron chi connectivity index (χ4n) is 2.42. The van der Waals surface area contributed by atoms with Crippen LogP contribution in [0.5, 0.6) is 5.75 Å². The Bertz CT molecular complexity index is 462. The standard InChI is InChI=1S/C14H20N2O3/c1-18-10-5-4-8-16(9-10)14(17)13-11(15)6-3-7-12(13)19-2/h3,6-7,10H,4-5,8-9,15H2,1-2H3. The molecule has 1 heterocycles. The predicted octanol–water partition coefficient (Wildman–Crippen LogP) is 1.53. The van der Waals surface area contributed by atoms with Crippen LogP contribution in [0.2, 0.25) is 0 Å². The number of hydrogen-bond acceptors (Lipinski definition) is 4. The Balaban J connectivity index is 2.24. The van der Waals surface area contributed by atoms with Gasteiger partial charge in [-0.25, -0.2) is 0 Å². The number of carbonyl (C=O) groups excluding carboxylic acids is 1. The van der Waals surface area contributed by atoms with Crippen LogP contribution < -0.4 is 10.5 Å². The highest BCUT2D eigenvalue weighted by atomic mass is 16.5. The van der Waals surface area contributed by atoms with Gasteiger partial charge in [0.1, 0.15) is 11.3 Å². The van der Waals surface area contributed by atoms with Gasteiger partial charge in [0, 0.05) is 25.9 Å². The minimum Gasteiger partial charge on any atom is -0.496 e. The van der Waals surface area contributed by atoms with Gasteiger partial charge >= 0.3 is 0 Å². The third-order valence-electron chi connectivity index (χ3n) is 3.49. The van der Waals surface area contributed by atoms with Gasteiger partial charge in [-0.2, -0.15) is 0 Å². The van der Waals surface area contributed by atoms with E-state index in [9.17, 15) is 4.79 Å². The average molecular weight is 264 g/mol. The second-order valence-electron chi connectivity index (χ2n) is 4.68. The molecule has 1 fully saturated rings. The monoisotopic (exact) mass is 264 g/mol. The molecule has 0 spiro atoms. The quantitative estimate of drug-likeness (QED) is 0.841. The molecule has 1 atom stereocenters. The molecule has 0 aromatic heterocycles. The second-order valence-corrected chi connectivity index (χ2v) is 4.68. The molecular formula is C14H20N2O3. The Hall–Kier alpha value is -1.75. The molecule has 2 N–H and O–H groups in total. The van der Waals surface area contributed by atoms with Crippen molar-refractivity contribution in [3.63, 3.8) is 0 Å². The van der Waals surface area contributed by atoms with Crippen molar-refractivity contribution in [3.05, 3.63) is 23.8 Å². The molecule has 1 unspecified atom stereocenters. The minimum atomic E-state index is -0.0864. The smallest absolute Gasteiger partial charge is 0.259 e. The average Bonchev–Trinajstić information content (AvgIpc) is 2.46. The van der Waals surface area contributed by atoms with Gasteiger partial charge in [-0.1, -0.05) is 6.07 Å². The highest BCUT2D eigenvalue weighted by molar-refractivity contribution is 6.01. The molecule has 1 aliphatic heterocycles. The van der Waals surface area contributed by atoms with Crippen molar-refractivity contribution in [2.45, 2.75) is 18.9 Å². The van der Waals surface area contributed by atoms with Crippen LogP contribution in [0, 0.1) is 0 Å². The maximum Gasteiger partial charge on any atom is 0.259 e. The summed E-state index contributed by atoms with van der Waals surface area (Å²) in [6, 6.07) is 5.24. The van der Waals surface area contributed by atoms with E-state index in [4.69, 9.17) is 15.2 Å². The molecule has 1 saturated heterocycles. The molecule has 0 saturated carbocycles. The maximum atomic E-state index is 12.6. The van der Waals surface area contributed by atoms with Crippen LogP contribution in [0.4, 0.5) is 5.69 Å². The number of piperidine rings is 1. The zero-order valence-electron chi connectivity index (χ0n) is 11.4. The molecule has 5 nitrogen and oxygen atoms in total. The number of benzene rings is 1. The third-order valence-corrected chi connectivity index (χ3v) is 3.49. The number of rotatable bonds is 3. The number of nitrogens with zero attached hydrogens (tertiary/aromatic N) is 1. The predicted molar refractivity (Wildman–Crippen MR) is 73.3 cm³/mol. The molecule has 1 amide bonds. The molecule has 1 aromatic carbocycles. The summed E-state index contributed by atoms with van der Waals surface area (Å²) in [5, 5.41) is 0. The molecule has 1 aromatic rings. The van der Waals surface area contributed by atoms with Crippen molar-refractivity contribution in [1.29, 1.82) is 0 Å². The number of ether oxygens (including phenoxy) is 2. The summed E-state index contributed by atoms with van der Waals surface area (Å²) in [6.45, 7) is 1.34.